The van der Waals surface area contributed by atoms with E-state index in [-0.39, 0.29) is 0 Å². The van der Waals surface area contributed by atoms with Crippen molar-refractivity contribution >= 4 is 0 Å². The van der Waals surface area contributed by atoms with Gasteiger partial charge in [0.25, 0.3) is 0 Å². The molecule has 0 spiro atoms. The van der Waals surface area contributed by atoms with E-state index in [0.717, 1.165) is 16.7 Å². The largest absolute Gasteiger partial charge is 0.389 e. The topological polar surface area (TPSA) is 44.0 Å². The second kappa shape index (κ2) is 3.59. The van der Waals surface area contributed by atoms with Gasteiger partial charge in [-0.2, -0.15) is 5.26 Å². The van der Waals surface area contributed by atoms with Gasteiger partial charge in [0.05, 0.1) is 17.7 Å². The minimum absolute atomic E-state index is 0.507. The first-order valence-corrected chi connectivity index (χ1v) is 4.25. The number of rotatable bonds is 1. The monoisotopic (exact) mass is 175 g/mol. The molecule has 0 amide bonds. The van der Waals surface area contributed by atoms with E-state index in [0.29, 0.717) is 5.56 Å². The standard InChI is InChI=1S/C11H13NO/c1-7-4-8(2)11(9(3)13)5-10(7)6-12/h4-5,9,13H,1-3H3. The van der Waals surface area contributed by atoms with E-state index < -0.39 is 6.10 Å². The van der Waals surface area contributed by atoms with E-state index in [1.54, 1.807) is 13.0 Å². The molecule has 0 radical (unpaired) electrons. The Balaban J connectivity index is 3.33. The van der Waals surface area contributed by atoms with Gasteiger partial charge < -0.3 is 5.11 Å². The van der Waals surface area contributed by atoms with Crippen LogP contribution in [0.4, 0.5) is 0 Å². The van der Waals surface area contributed by atoms with Crippen molar-refractivity contribution in [3.63, 3.8) is 0 Å². The van der Waals surface area contributed by atoms with Crippen molar-refractivity contribution in [3.05, 3.63) is 34.4 Å². The summed E-state index contributed by atoms with van der Waals surface area (Å²) in [5, 5.41) is 18.2. The summed E-state index contributed by atoms with van der Waals surface area (Å²) in [6.07, 6.45) is -0.507. The maximum absolute atomic E-state index is 9.41. The third-order valence-corrected chi connectivity index (χ3v) is 2.18. The smallest absolute Gasteiger partial charge is 0.0994 e. The van der Waals surface area contributed by atoms with Gasteiger partial charge in [0.15, 0.2) is 0 Å². The van der Waals surface area contributed by atoms with Crippen LogP contribution in [0.25, 0.3) is 0 Å². The molecule has 0 bridgehead atoms. The Kier molecular flexibility index (Phi) is 2.69. The lowest BCUT2D eigenvalue weighted by Gasteiger charge is -2.10. The highest BCUT2D eigenvalue weighted by Gasteiger charge is 2.07. The normalized spacial score (nSPS) is 12.2. The van der Waals surface area contributed by atoms with Gasteiger partial charge in [-0.1, -0.05) is 6.07 Å². The van der Waals surface area contributed by atoms with Crippen LogP contribution in [0, 0.1) is 25.2 Å². The van der Waals surface area contributed by atoms with E-state index in [9.17, 15) is 5.11 Å². The number of nitrogens with zero attached hydrogens (tertiary/aromatic N) is 1. The summed E-state index contributed by atoms with van der Waals surface area (Å²) in [5.74, 6) is 0. The Morgan fingerprint density at radius 2 is 1.92 bits per heavy atom. The van der Waals surface area contributed by atoms with Gasteiger partial charge in [0.1, 0.15) is 0 Å². The first-order chi connectivity index (χ1) is 6.06. The van der Waals surface area contributed by atoms with Crippen LogP contribution in [0.5, 0.6) is 0 Å². The van der Waals surface area contributed by atoms with E-state index in [2.05, 4.69) is 6.07 Å². The fourth-order valence-electron chi connectivity index (χ4n) is 1.44. The summed E-state index contributed by atoms with van der Waals surface area (Å²) in [6, 6.07) is 5.80. The Morgan fingerprint density at radius 1 is 1.31 bits per heavy atom. The predicted molar refractivity (Wildman–Crippen MR) is 51.3 cm³/mol. The first kappa shape index (κ1) is 9.76. The Bertz CT molecular complexity index is 361. The molecule has 1 unspecified atom stereocenters. The molecular formula is C11H13NO. The summed E-state index contributed by atoms with van der Waals surface area (Å²) in [7, 11) is 0. The Hall–Kier alpha value is -1.33. The minimum Gasteiger partial charge on any atom is -0.389 e. The van der Waals surface area contributed by atoms with Crippen LogP contribution in [-0.2, 0) is 0 Å². The molecule has 0 saturated heterocycles. The lowest BCUT2D eigenvalue weighted by Crippen LogP contribution is -1.97. The van der Waals surface area contributed by atoms with Crippen LogP contribution in [0.2, 0.25) is 0 Å². The lowest BCUT2D eigenvalue weighted by molar-refractivity contribution is 0.198. The molecule has 1 rings (SSSR count). The highest BCUT2D eigenvalue weighted by Crippen LogP contribution is 2.21. The second-order valence-electron chi connectivity index (χ2n) is 3.31. The number of aliphatic hydroxyl groups excluding tert-OH is 1. The number of aliphatic hydroxyl groups is 1. The molecule has 2 nitrogen and oxygen atoms in total. The first-order valence-electron chi connectivity index (χ1n) is 4.25. The highest BCUT2D eigenvalue weighted by atomic mass is 16.3. The Morgan fingerprint density at radius 3 is 2.38 bits per heavy atom. The molecule has 0 aromatic heterocycles. The number of aryl methyl sites for hydroxylation is 2. The Labute approximate surface area is 78.4 Å². The number of benzene rings is 1. The van der Waals surface area contributed by atoms with Gasteiger partial charge in [-0.25, -0.2) is 0 Å². The van der Waals surface area contributed by atoms with Crippen molar-refractivity contribution in [3.8, 4) is 6.07 Å². The zero-order chi connectivity index (χ0) is 10.0. The van der Waals surface area contributed by atoms with Crippen molar-refractivity contribution in [1.82, 2.24) is 0 Å². The summed E-state index contributed by atoms with van der Waals surface area (Å²) in [4.78, 5) is 0. The third kappa shape index (κ3) is 1.88. The van der Waals surface area contributed by atoms with Crippen molar-refractivity contribution in [1.29, 1.82) is 5.26 Å². The minimum atomic E-state index is -0.507. The zero-order valence-corrected chi connectivity index (χ0v) is 8.13. The van der Waals surface area contributed by atoms with Gasteiger partial charge in [0.2, 0.25) is 0 Å². The maximum Gasteiger partial charge on any atom is 0.0994 e. The molecule has 1 aromatic rings. The SMILES string of the molecule is Cc1cc(C)c(C(C)O)cc1C#N. The van der Waals surface area contributed by atoms with Crippen LogP contribution in [0.15, 0.2) is 12.1 Å². The molecule has 68 valence electrons. The van der Waals surface area contributed by atoms with Gasteiger partial charge in [-0.15, -0.1) is 0 Å². The summed E-state index contributed by atoms with van der Waals surface area (Å²) in [6.45, 7) is 5.55. The van der Waals surface area contributed by atoms with Gasteiger partial charge in [-0.05, 0) is 43.5 Å². The van der Waals surface area contributed by atoms with Gasteiger partial charge in [0, 0.05) is 0 Å². The molecular weight excluding hydrogens is 162 g/mol. The fourth-order valence-corrected chi connectivity index (χ4v) is 1.44. The van der Waals surface area contributed by atoms with Crippen LogP contribution in [-0.4, -0.2) is 5.11 Å². The third-order valence-electron chi connectivity index (χ3n) is 2.18. The summed E-state index contributed by atoms with van der Waals surface area (Å²) < 4.78 is 0. The fraction of sp³-hybridized carbons (Fsp3) is 0.364. The molecule has 0 heterocycles. The predicted octanol–water partition coefficient (Wildman–Crippen LogP) is 2.23. The summed E-state index contributed by atoms with van der Waals surface area (Å²) >= 11 is 0. The van der Waals surface area contributed by atoms with Crippen LogP contribution >= 0.6 is 0 Å². The molecule has 0 aliphatic rings. The molecule has 0 aliphatic carbocycles. The van der Waals surface area contributed by atoms with Crippen molar-refractivity contribution < 1.29 is 5.11 Å². The molecule has 0 aliphatic heterocycles. The molecule has 0 fully saturated rings. The molecule has 0 saturated carbocycles. The molecule has 2 heteroatoms. The van der Waals surface area contributed by atoms with Crippen molar-refractivity contribution in [2.45, 2.75) is 26.9 Å². The summed E-state index contributed by atoms with van der Waals surface area (Å²) in [5.41, 5.74) is 3.47. The van der Waals surface area contributed by atoms with Crippen LogP contribution in [0.1, 0.15) is 35.3 Å². The van der Waals surface area contributed by atoms with Crippen molar-refractivity contribution in [2.24, 2.45) is 0 Å². The van der Waals surface area contributed by atoms with Crippen LogP contribution in [0.3, 0.4) is 0 Å². The van der Waals surface area contributed by atoms with E-state index >= 15 is 0 Å². The number of hydrogen-bond donors (Lipinski definition) is 1. The van der Waals surface area contributed by atoms with E-state index in [1.165, 1.54) is 0 Å². The van der Waals surface area contributed by atoms with E-state index in [4.69, 9.17) is 5.26 Å². The molecule has 13 heavy (non-hydrogen) atoms. The number of hydrogen-bond acceptors (Lipinski definition) is 2. The highest BCUT2D eigenvalue weighted by molar-refractivity contribution is 5.44. The molecule has 1 aromatic carbocycles. The lowest BCUT2D eigenvalue weighted by atomic mass is 9.98. The zero-order valence-electron chi connectivity index (χ0n) is 8.13. The van der Waals surface area contributed by atoms with Crippen molar-refractivity contribution in [2.75, 3.05) is 0 Å². The van der Waals surface area contributed by atoms with Gasteiger partial charge in [-0.3, -0.25) is 0 Å². The molecule has 1 atom stereocenters. The maximum atomic E-state index is 9.41. The van der Waals surface area contributed by atoms with Crippen LogP contribution < -0.4 is 0 Å². The second-order valence-corrected chi connectivity index (χ2v) is 3.31. The van der Waals surface area contributed by atoms with E-state index in [1.807, 2.05) is 19.9 Å². The average Bonchev–Trinajstić information content (AvgIpc) is 2.03. The number of nitriles is 1. The average molecular weight is 175 g/mol. The molecule has 1 N–H and O–H groups in total. The quantitative estimate of drug-likeness (QED) is 0.711. The van der Waals surface area contributed by atoms with Gasteiger partial charge >= 0.3 is 0 Å².